The average molecular weight is 617 g/mol. The molecule has 1 fully saturated rings. The SMILES string of the molecule is C=CC(=O)OCCCCOC(=O)c1cc(COC(=O)C2=CC(C)=C(C)C(C)C2)ccc1OC(=O)C1=CCC(C)=C(C)C2(C)CC12. The Kier molecular flexibility index (Phi) is 10.7. The van der Waals surface area contributed by atoms with Gasteiger partial charge in [-0.3, -0.25) is 0 Å². The molecule has 0 aliphatic heterocycles. The Hall–Kier alpha value is -4.20. The number of carbonyl (C=O) groups excluding carboxylic acids is 4. The first-order chi connectivity index (χ1) is 21.3. The topological polar surface area (TPSA) is 105 Å². The van der Waals surface area contributed by atoms with E-state index in [-0.39, 0.29) is 48.4 Å². The summed E-state index contributed by atoms with van der Waals surface area (Å²) < 4.78 is 21.9. The van der Waals surface area contributed by atoms with Crippen molar-refractivity contribution in [1.29, 1.82) is 0 Å². The molecular weight excluding hydrogens is 572 g/mol. The zero-order chi connectivity index (χ0) is 32.9. The molecule has 0 saturated heterocycles. The summed E-state index contributed by atoms with van der Waals surface area (Å²) in [5.41, 5.74) is 6.68. The Balaban J connectivity index is 1.47. The molecule has 45 heavy (non-hydrogen) atoms. The van der Waals surface area contributed by atoms with Crippen LogP contribution in [0.3, 0.4) is 0 Å². The number of rotatable bonds is 12. The molecule has 3 aliphatic rings. The van der Waals surface area contributed by atoms with Gasteiger partial charge in [0.1, 0.15) is 17.9 Å². The van der Waals surface area contributed by atoms with Gasteiger partial charge in [0.05, 0.1) is 13.2 Å². The highest BCUT2D eigenvalue weighted by atomic mass is 16.6. The van der Waals surface area contributed by atoms with Crippen molar-refractivity contribution in [3.05, 3.63) is 87.6 Å². The summed E-state index contributed by atoms with van der Waals surface area (Å²) in [5, 5.41) is 0. The van der Waals surface area contributed by atoms with Crippen LogP contribution in [0.15, 0.2) is 76.4 Å². The fourth-order valence-electron chi connectivity index (χ4n) is 5.95. The summed E-state index contributed by atoms with van der Waals surface area (Å²) in [7, 11) is 0. The molecule has 0 spiro atoms. The Morgan fingerprint density at radius 1 is 0.978 bits per heavy atom. The number of ether oxygens (including phenoxy) is 4. The highest BCUT2D eigenvalue weighted by Gasteiger charge is 2.55. The number of hydrogen-bond acceptors (Lipinski definition) is 8. The van der Waals surface area contributed by atoms with Crippen LogP contribution >= 0.6 is 0 Å². The second kappa shape index (κ2) is 14.3. The minimum Gasteiger partial charge on any atom is -0.463 e. The van der Waals surface area contributed by atoms with E-state index in [0.29, 0.717) is 42.4 Å². The number of fused-ring (bicyclic) bond motifs is 1. The van der Waals surface area contributed by atoms with Gasteiger partial charge in [-0.15, -0.1) is 0 Å². The van der Waals surface area contributed by atoms with Gasteiger partial charge in [0.2, 0.25) is 0 Å². The third-order valence-electron chi connectivity index (χ3n) is 9.53. The number of esters is 4. The van der Waals surface area contributed by atoms with Gasteiger partial charge in [0.15, 0.2) is 0 Å². The first-order valence-corrected chi connectivity index (χ1v) is 15.6. The molecule has 8 heteroatoms. The van der Waals surface area contributed by atoms with Crippen molar-refractivity contribution < 1.29 is 38.1 Å². The molecule has 0 N–H and O–H groups in total. The van der Waals surface area contributed by atoms with E-state index < -0.39 is 23.9 Å². The van der Waals surface area contributed by atoms with Crippen LogP contribution < -0.4 is 4.74 Å². The molecule has 3 aliphatic carbocycles. The Labute approximate surface area is 265 Å². The predicted octanol–water partition coefficient (Wildman–Crippen LogP) is 7.30. The maximum atomic E-state index is 13.5. The largest absolute Gasteiger partial charge is 0.463 e. The van der Waals surface area contributed by atoms with E-state index in [0.717, 1.165) is 18.1 Å². The van der Waals surface area contributed by atoms with Gasteiger partial charge in [-0.2, -0.15) is 0 Å². The minimum absolute atomic E-state index is 0.0560. The third-order valence-corrected chi connectivity index (χ3v) is 9.53. The number of allylic oxidation sites excluding steroid dienone is 6. The zero-order valence-corrected chi connectivity index (χ0v) is 27.2. The first kappa shape index (κ1) is 33.7. The van der Waals surface area contributed by atoms with Crippen LogP contribution in [0.5, 0.6) is 5.75 Å². The lowest BCUT2D eigenvalue weighted by Gasteiger charge is -2.21. The third kappa shape index (κ3) is 7.91. The van der Waals surface area contributed by atoms with E-state index in [2.05, 4.69) is 41.2 Å². The van der Waals surface area contributed by atoms with Crippen LogP contribution in [-0.4, -0.2) is 37.1 Å². The Morgan fingerprint density at radius 2 is 1.69 bits per heavy atom. The van der Waals surface area contributed by atoms with E-state index in [9.17, 15) is 19.2 Å². The van der Waals surface area contributed by atoms with Crippen LogP contribution in [0.1, 0.15) is 89.6 Å². The van der Waals surface area contributed by atoms with E-state index in [1.54, 1.807) is 12.1 Å². The molecule has 0 heterocycles. The number of unbranched alkanes of at least 4 members (excludes halogenated alkanes) is 1. The maximum Gasteiger partial charge on any atom is 0.341 e. The van der Waals surface area contributed by atoms with E-state index in [1.165, 1.54) is 22.8 Å². The summed E-state index contributed by atoms with van der Waals surface area (Å²) in [5.74, 6) is -1.67. The molecule has 1 aromatic rings. The Bertz CT molecular complexity index is 1520. The van der Waals surface area contributed by atoms with Crippen LogP contribution in [-0.2, 0) is 35.2 Å². The zero-order valence-electron chi connectivity index (χ0n) is 27.2. The number of hydrogen-bond donors (Lipinski definition) is 0. The first-order valence-electron chi connectivity index (χ1n) is 15.6. The van der Waals surface area contributed by atoms with Gasteiger partial charge in [0.25, 0.3) is 0 Å². The van der Waals surface area contributed by atoms with Crippen molar-refractivity contribution in [3.8, 4) is 5.75 Å². The number of benzene rings is 1. The minimum atomic E-state index is -0.673. The van der Waals surface area contributed by atoms with Crippen LogP contribution in [0.2, 0.25) is 0 Å². The molecule has 240 valence electrons. The van der Waals surface area contributed by atoms with Gasteiger partial charge in [-0.05, 0) is 94.9 Å². The molecule has 3 atom stereocenters. The lowest BCUT2D eigenvalue weighted by atomic mass is 9.85. The van der Waals surface area contributed by atoms with Crippen molar-refractivity contribution in [1.82, 2.24) is 0 Å². The van der Waals surface area contributed by atoms with Crippen LogP contribution in [0.4, 0.5) is 0 Å². The highest BCUT2D eigenvalue weighted by molar-refractivity contribution is 5.97. The molecule has 8 nitrogen and oxygen atoms in total. The van der Waals surface area contributed by atoms with Crippen molar-refractivity contribution in [2.45, 2.75) is 80.3 Å². The molecule has 0 bridgehead atoms. The summed E-state index contributed by atoms with van der Waals surface area (Å²) in [6.45, 7) is 16.1. The smallest absolute Gasteiger partial charge is 0.341 e. The molecule has 0 aromatic heterocycles. The van der Waals surface area contributed by atoms with Gasteiger partial charge in [-0.25, -0.2) is 19.2 Å². The van der Waals surface area contributed by atoms with Gasteiger partial charge < -0.3 is 18.9 Å². The second-order valence-corrected chi connectivity index (χ2v) is 12.6. The van der Waals surface area contributed by atoms with Crippen molar-refractivity contribution in [3.63, 3.8) is 0 Å². The highest BCUT2D eigenvalue weighted by Crippen LogP contribution is 2.62. The van der Waals surface area contributed by atoms with Crippen molar-refractivity contribution in [2.24, 2.45) is 17.3 Å². The summed E-state index contributed by atoms with van der Waals surface area (Å²) in [4.78, 5) is 50.8. The average Bonchev–Trinajstić information content (AvgIpc) is 3.72. The van der Waals surface area contributed by atoms with Crippen LogP contribution in [0, 0.1) is 17.3 Å². The van der Waals surface area contributed by atoms with Crippen molar-refractivity contribution >= 4 is 23.9 Å². The van der Waals surface area contributed by atoms with E-state index in [4.69, 9.17) is 18.9 Å². The molecule has 4 rings (SSSR count). The Morgan fingerprint density at radius 3 is 2.38 bits per heavy atom. The summed E-state index contributed by atoms with van der Waals surface area (Å²) in [6.07, 6.45) is 8.01. The monoisotopic (exact) mass is 616 g/mol. The molecule has 1 saturated carbocycles. The number of carbonyl (C=O) groups is 4. The van der Waals surface area contributed by atoms with Gasteiger partial charge >= 0.3 is 23.9 Å². The molecule has 0 amide bonds. The van der Waals surface area contributed by atoms with Crippen LogP contribution in [0.25, 0.3) is 0 Å². The molecule has 3 unspecified atom stereocenters. The molecule has 0 radical (unpaired) electrons. The predicted molar refractivity (Wildman–Crippen MR) is 170 cm³/mol. The van der Waals surface area contributed by atoms with E-state index >= 15 is 0 Å². The summed E-state index contributed by atoms with van der Waals surface area (Å²) in [6, 6.07) is 4.75. The molecular formula is C37H44O8. The quantitative estimate of drug-likeness (QED) is 0.0602. The summed E-state index contributed by atoms with van der Waals surface area (Å²) >= 11 is 0. The standard InChI is InChI=1S/C37H44O8/c1-8-33(38)42-15-9-10-16-43-35(40)30-19-27(21-44-34(39)28-17-23(3)25(5)24(4)18-28)12-14-32(30)45-36(41)29-13-11-22(2)26(6)37(7)20-31(29)37/h8,12-14,17,19,24,31H,1,9-11,15-16,18,20-21H2,2-7H3. The fourth-order valence-corrected chi connectivity index (χ4v) is 5.95. The van der Waals surface area contributed by atoms with Crippen molar-refractivity contribution in [2.75, 3.05) is 13.2 Å². The maximum absolute atomic E-state index is 13.5. The lowest BCUT2D eigenvalue weighted by molar-refractivity contribution is -0.140. The van der Waals surface area contributed by atoms with E-state index in [1.807, 2.05) is 19.1 Å². The lowest BCUT2D eigenvalue weighted by Crippen LogP contribution is -2.18. The molecule has 1 aromatic carbocycles. The normalized spacial score (nSPS) is 22.4. The van der Waals surface area contributed by atoms with Gasteiger partial charge in [0, 0.05) is 23.1 Å². The fraction of sp³-hybridized carbons (Fsp3) is 0.459. The van der Waals surface area contributed by atoms with Gasteiger partial charge in [-0.1, -0.05) is 54.9 Å². The second-order valence-electron chi connectivity index (χ2n) is 12.6.